The zero-order valence-corrected chi connectivity index (χ0v) is 13.1. The van der Waals surface area contributed by atoms with Gasteiger partial charge >= 0.3 is 5.69 Å². The molecule has 4 rings (SSSR count). The number of benzene rings is 1. The van der Waals surface area contributed by atoms with Crippen LogP contribution in [0.25, 0.3) is 16.9 Å². The van der Waals surface area contributed by atoms with Crippen molar-refractivity contribution in [2.75, 3.05) is 12.4 Å². The zero-order valence-electron chi connectivity index (χ0n) is 13.1. The van der Waals surface area contributed by atoms with E-state index in [1.807, 2.05) is 0 Å². The fourth-order valence-corrected chi connectivity index (χ4v) is 2.34. The van der Waals surface area contributed by atoms with Crippen LogP contribution in [0.5, 0.6) is 5.75 Å². The first-order valence-corrected chi connectivity index (χ1v) is 6.97. The summed E-state index contributed by atoms with van der Waals surface area (Å²) in [6, 6.07) is 1.82. The maximum Gasteiger partial charge on any atom is 0.303 e. The van der Waals surface area contributed by atoms with Crippen molar-refractivity contribution in [1.82, 2.24) is 35.3 Å². The van der Waals surface area contributed by atoms with Gasteiger partial charge in [-0.05, 0) is 20.7 Å². The number of rotatable bonds is 5. The van der Waals surface area contributed by atoms with Crippen LogP contribution < -0.4 is 10.1 Å². The molecule has 3 heterocycles. The summed E-state index contributed by atoms with van der Waals surface area (Å²) in [5.41, 5.74) is -1.07. The van der Waals surface area contributed by atoms with Gasteiger partial charge in [0.15, 0.2) is 17.3 Å². The van der Waals surface area contributed by atoms with Gasteiger partial charge in [-0.1, -0.05) is 0 Å². The fraction of sp³-hybridized carbons (Fsp3) is 0.0909. The Morgan fingerprint density at radius 2 is 2.00 bits per heavy atom. The van der Waals surface area contributed by atoms with Crippen molar-refractivity contribution in [3.8, 4) is 5.75 Å². The van der Waals surface area contributed by atoms with Gasteiger partial charge in [-0.2, -0.15) is 4.52 Å². The molecule has 16 heteroatoms. The summed E-state index contributed by atoms with van der Waals surface area (Å²) in [6.07, 6.45) is 0. The van der Waals surface area contributed by atoms with Gasteiger partial charge in [0.25, 0.3) is 5.69 Å². The number of nitro groups is 2. The average molecular weight is 374 g/mol. The van der Waals surface area contributed by atoms with Crippen molar-refractivity contribution >= 4 is 39.8 Å². The minimum atomic E-state index is -0.798. The summed E-state index contributed by atoms with van der Waals surface area (Å²) in [6.45, 7) is 0. The number of aromatic nitrogens is 7. The van der Waals surface area contributed by atoms with Crippen LogP contribution in [-0.2, 0) is 0 Å². The third kappa shape index (κ3) is 2.47. The molecule has 0 saturated carbocycles. The van der Waals surface area contributed by atoms with Gasteiger partial charge < -0.3 is 10.1 Å². The maximum absolute atomic E-state index is 11.4. The number of hydrogen-bond donors (Lipinski definition) is 1. The quantitative estimate of drug-likeness (QED) is 0.376. The molecule has 136 valence electrons. The molecule has 0 spiro atoms. The molecular weight excluding hydrogens is 368 g/mol. The van der Waals surface area contributed by atoms with Crippen LogP contribution in [0.4, 0.5) is 22.9 Å². The summed E-state index contributed by atoms with van der Waals surface area (Å²) < 4.78 is 10.8. The Bertz CT molecular complexity index is 1220. The van der Waals surface area contributed by atoms with Crippen LogP contribution in [0.15, 0.2) is 16.8 Å². The SMILES string of the molecule is COc1cc([N+](=O)[O-])cc([N+](=O)[O-])c1Nc1nc2nonc2n2nnnc12. The highest BCUT2D eigenvalue weighted by Crippen LogP contribution is 2.40. The van der Waals surface area contributed by atoms with Crippen LogP contribution in [0.1, 0.15) is 0 Å². The topological polar surface area (TPSA) is 202 Å². The maximum atomic E-state index is 11.4. The second-order valence-electron chi connectivity index (χ2n) is 4.97. The molecule has 0 amide bonds. The normalized spacial score (nSPS) is 11.0. The Kier molecular flexibility index (Phi) is 3.43. The first kappa shape index (κ1) is 16.0. The molecule has 0 unspecified atom stereocenters. The number of tetrazole rings is 1. The Morgan fingerprint density at radius 1 is 1.19 bits per heavy atom. The number of ether oxygens (including phenoxy) is 1. The number of hydrogen-bond acceptors (Lipinski definition) is 13. The van der Waals surface area contributed by atoms with Crippen LogP contribution in [0, 0.1) is 20.2 Å². The van der Waals surface area contributed by atoms with Crippen molar-refractivity contribution in [1.29, 1.82) is 0 Å². The van der Waals surface area contributed by atoms with Gasteiger partial charge in [0.05, 0.1) is 29.1 Å². The lowest BCUT2D eigenvalue weighted by molar-refractivity contribution is -0.393. The number of nitrogens with zero attached hydrogens (tertiary/aromatic N) is 9. The number of fused-ring (bicyclic) bond motifs is 3. The largest absolute Gasteiger partial charge is 0.494 e. The number of non-ortho nitro benzene ring substituents is 1. The highest BCUT2D eigenvalue weighted by Gasteiger charge is 2.27. The summed E-state index contributed by atoms with van der Waals surface area (Å²) >= 11 is 0. The molecule has 16 nitrogen and oxygen atoms in total. The highest BCUT2D eigenvalue weighted by atomic mass is 16.6. The number of methoxy groups -OCH3 is 1. The lowest BCUT2D eigenvalue weighted by Gasteiger charge is -2.11. The molecule has 0 atom stereocenters. The Balaban J connectivity index is 1.93. The van der Waals surface area contributed by atoms with Gasteiger partial charge in [-0.3, -0.25) is 20.2 Å². The van der Waals surface area contributed by atoms with Gasteiger partial charge in [0.1, 0.15) is 0 Å². The van der Waals surface area contributed by atoms with Crippen molar-refractivity contribution in [3.63, 3.8) is 0 Å². The number of nitrogens with one attached hydrogen (secondary N) is 1. The smallest absolute Gasteiger partial charge is 0.303 e. The second-order valence-corrected chi connectivity index (χ2v) is 4.97. The van der Waals surface area contributed by atoms with E-state index < -0.39 is 21.2 Å². The minimum Gasteiger partial charge on any atom is -0.494 e. The summed E-state index contributed by atoms with van der Waals surface area (Å²) in [5.74, 6) is -0.180. The van der Waals surface area contributed by atoms with E-state index in [0.717, 1.165) is 16.6 Å². The molecule has 0 saturated heterocycles. The Morgan fingerprint density at radius 3 is 2.70 bits per heavy atom. The van der Waals surface area contributed by atoms with Gasteiger partial charge in [0, 0.05) is 0 Å². The summed E-state index contributed by atoms with van der Waals surface area (Å²) in [7, 11) is 1.21. The Labute approximate surface area is 146 Å². The van der Waals surface area contributed by atoms with E-state index in [0.29, 0.717) is 0 Å². The zero-order chi connectivity index (χ0) is 19.1. The van der Waals surface area contributed by atoms with Crippen LogP contribution in [0.3, 0.4) is 0 Å². The van der Waals surface area contributed by atoms with E-state index in [-0.39, 0.29) is 34.2 Å². The molecule has 0 aliphatic carbocycles. The van der Waals surface area contributed by atoms with Crippen LogP contribution >= 0.6 is 0 Å². The lowest BCUT2D eigenvalue weighted by atomic mass is 10.2. The van der Waals surface area contributed by atoms with Crippen molar-refractivity contribution in [3.05, 3.63) is 32.4 Å². The van der Waals surface area contributed by atoms with Gasteiger partial charge in [-0.25, -0.2) is 9.61 Å². The van der Waals surface area contributed by atoms with Crippen molar-refractivity contribution < 1.29 is 19.2 Å². The molecule has 0 bridgehead atoms. The first-order valence-electron chi connectivity index (χ1n) is 6.97. The van der Waals surface area contributed by atoms with E-state index in [1.165, 1.54) is 7.11 Å². The average Bonchev–Trinajstić information content (AvgIpc) is 3.29. The molecule has 27 heavy (non-hydrogen) atoms. The van der Waals surface area contributed by atoms with E-state index in [1.54, 1.807) is 0 Å². The number of anilines is 2. The predicted molar refractivity (Wildman–Crippen MR) is 83.5 cm³/mol. The highest BCUT2D eigenvalue weighted by molar-refractivity contribution is 5.84. The van der Waals surface area contributed by atoms with Crippen molar-refractivity contribution in [2.45, 2.75) is 0 Å². The van der Waals surface area contributed by atoms with Gasteiger partial charge in [-0.15, -0.1) is 5.10 Å². The van der Waals surface area contributed by atoms with Crippen molar-refractivity contribution in [2.24, 2.45) is 0 Å². The molecule has 1 N–H and O–H groups in total. The lowest BCUT2D eigenvalue weighted by Crippen LogP contribution is -2.05. The third-order valence-electron chi connectivity index (χ3n) is 3.49. The number of nitro benzene ring substituents is 2. The third-order valence-corrected chi connectivity index (χ3v) is 3.49. The van der Waals surface area contributed by atoms with E-state index in [9.17, 15) is 20.2 Å². The molecule has 3 aromatic heterocycles. The molecular formula is C11H6N10O6. The summed E-state index contributed by atoms with van der Waals surface area (Å²) in [4.78, 5) is 25.0. The van der Waals surface area contributed by atoms with Crippen LogP contribution in [0.2, 0.25) is 0 Å². The van der Waals surface area contributed by atoms with Gasteiger partial charge in [0.2, 0.25) is 16.9 Å². The Hall–Kier alpha value is -4.50. The monoisotopic (exact) mass is 374 g/mol. The molecule has 0 aliphatic rings. The standard InChI is InChI=1S/C11H6N10O6/c1-26-6-3-4(20(22)23)2-5(21(24)25)7(6)12-8-10-14-17-18-19(10)11-9(13-8)15-27-16-11/h2-3H,1H3,(H,12,13,15). The van der Waals surface area contributed by atoms with Crippen LogP contribution in [-0.4, -0.2) is 52.3 Å². The van der Waals surface area contributed by atoms with E-state index in [2.05, 4.69) is 40.8 Å². The first-order chi connectivity index (χ1) is 13.0. The molecule has 1 aromatic carbocycles. The molecule has 0 fully saturated rings. The van der Waals surface area contributed by atoms with E-state index in [4.69, 9.17) is 4.74 Å². The summed E-state index contributed by atoms with van der Waals surface area (Å²) in [5, 5.41) is 43.3. The second kappa shape index (κ2) is 5.79. The fourth-order valence-electron chi connectivity index (χ4n) is 2.34. The van der Waals surface area contributed by atoms with E-state index >= 15 is 0 Å². The molecule has 0 aliphatic heterocycles. The molecule has 4 aromatic rings. The molecule has 0 radical (unpaired) electrons. The minimum absolute atomic E-state index is 0.0285. The predicted octanol–water partition coefficient (Wildman–Crippen LogP) is 0.624.